The van der Waals surface area contributed by atoms with Crippen LogP contribution < -0.4 is 9.47 Å². The fourth-order valence-electron chi connectivity index (χ4n) is 2.20. The number of aliphatic imine (C=N–C) groups is 1. The molecule has 0 saturated carbocycles. The lowest BCUT2D eigenvalue weighted by Crippen LogP contribution is -2.34. The van der Waals surface area contributed by atoms with E-state index in [-0.39, 0.29) is 0 Å². The number of para-hydroxylation sites is 2. The zero-order valence-corrected chi connectivity index (χ0v) is 12.3. The number of hydrogen-bond donors (Lipinski definition) is 0. The van der Waals surface area contributed by atoms with Gasteiger partial charge in [-0.25, -0.2) is 4.99 Å². The summed E-state index contributed by atoms with van der Waals surface area (Å²) in [4.78, 5) is 15.9. The van der Waals surface area contributed by atoms with Crippen molar-refractivity contribution in [2.24, 2.45) is 4.99 Å². The van der Waals surface area contributed by atoms with E-state index < -0.39 is 12.3 Å². The predicted molar refractivity (Wildman–Crippen MR) is 81.8 cm³/mol. The third-order valence-corrected chi connectivity index (χ3v) is 3.22. The van der Waals surface area contributed by atoms with Gasteiger partial charge >= 0.3 is 5.97 Å². The number of carbonyl (C=O) groups excluding carboxylic acids is 1. The first-order chi connectivity index (χ1) is 10.7. The lowest BCUT2D eigenvalue weighted by atomic mass is 10.1. The quantitative estimate of drug-likeness (QED) is 0.817. The molecule has 0 fully saturated rings. The summed E-state index contributed by atoms with van der Waals surface area (Å²) in [7, 11) is 1.61. The molecule has 2 aromatic carbocycles. The molecule has 0 N–H and O–H groups in total. The highest BCUT2D eigenvalue weighted by atomic mass is 16.7. The molecule has 1 aliphatic heterocycles. The van der Waals surface area contributed by atoms with Crippen molar-refractivity contribution in [1.82, 2.24) is 0 Å². The monoisotopic (exact) mass is 297 g/mol. The highest BCUT2D eigenvalue weighted by molar-refractivity contribution is 6.06. The van der Waals surface area contributed by atoms with Crippen molar-refractivity contribution in [3.63, 3.8) is 0 Å². The third-order valence-electron chi connectivity index (χ3n) is 3.22. The lowest BCUT2D eigenvalue weighted by molar-refractivity contribution is -0.153. The van der Waals surface area contributed by atoms with Crippen LogP contribution in [-0.2, 0) is 9.53 Å². The second kappa shape index (κ2) is 5.89. The molecule has 0 bridgehead atoms. The summed E-state index contributed by atoms with van der Waals surface area (Å²) in [5.74, 6) is 0.905. The van der Waals surface area contributed by atoms with Gasteiger partial charge < -0.3 is 14.2 Å². The van der Waals surface area contributed by atoms with E-state index >= 15 is 0 Å². The molecule has 2 aromatic rings. The van der Waals surface area contributed by atoms with Gasteiger partial charge in [0.15, 0.2) is 0 Å². The molecule has 0 saturated heterocycles. The Hall–Kier alpha value is -2.82. The molecule has 0 aromatic heterocycles. The summed E-state index contributed by atoms with van der Waals surface area (Å²) in [6.45, 7) is 1.34. The van der Waals surface area contributed by atoms with E-state index in [0.29, 0.717) is 17.1 Å². The summed E-state index contributed by atoms with van der Waals surface area (Å²) < 4.78 is 16.2. The third kappa shape index (κ3) is 2.79. The van der Waals surface area contributed by atoms with Crippen LogP contribution in [0.1, 0.15) is 12.5 Å². The van der Waals surface area contributed by atoms with Crippen molar-refractivity contribution < 1.29 is 19.0 Å². The van der Waals surface area contributed by atoms with Gasteiger partial charge in [0.2, 0.25) is 0 Å². The van der Waals surface area contributed by atoms with E-state index in [9.17, 15) is 4.79 Å². The topological polar surface area (TPSA) is 57.1 Å². The standard InChI is InChI=1S/C17H15NO4/c1-11(19)21-17-16(12-7-9-13(20-2)10-8-12)18-14-5-3-4-6-15(14)22-17/h3-10,17H,1-2H3. The molecule has 0 radical (unpaired) electrons. The smallest absolute Gasteiger partial charge is 0.306 e. The van der Waals surface area contributed by atoms with Gasteiger partial charge in [0.05, 0.1) is 7.11 Å². The van der Waals surface area contributed by atoms with Crippen LogP contribution in [0.5, 0.6) is 11.5 Å². The zero-order chi connectivity index (χ0) is 15.5. The van der Waals surface area contributed by atoms with E-state index in [1.165, 1.54) is 6.92 Å². The molecular weight excluding hydrogens is 282 g/mol. The molecule has 3 rings (SSSR count). The Morgan fingerprint density at radius 1 is 1.14 bits per heavy atom. The van der Waals surface area contributed by atoms with Gasteiger partial charge in [-0.2, -0.15) is 0 Å². The molecular formula is C17H15NO4. The molecule has 0 spiro atoms. The van der Waals surface area contributed by atoms with Crippen molar-refractivity contribution in [1.29, 1.82) is 0 Å². The van der Waals surface area contributed by atoms with E-state index in [1.54, 1.807) is 13.2 Å². The minimum Gasteiger partial charge on any atom is -0.497 e. The molecule has 1 heterocycles. The second-order valence-corrected chi connectivity index (χ2v) is 4.75. The van der Waals surface area contributed by atoms with Crippen LogP contribution in [0.3, 0.4) is 0 Å². The Morgan fingerprint density at radius 2 is 1.86 bits per heavy atom. The normalized spacial score (nSPS) is 16.1. The number of rotatable bonds is 3. The van der Waals surface area contributed by atoms with Crippen LogP contribution in [0.4, 0.5) is 5.69 Å². The summed E-state index contributed by atoms with van der Waals surface area (Å²) >= 11 is 0. The number of hydrogen-bond acceptors (Lipinski definition) is 5. The van der Waals surface area contributed by atoms with Crippen LogP contribution in [-0.4, -0.2) is 25.1 Å². The first-order valence-corrected chi connectivity index (χ1v) is 6.83. The van der Waals surface area contributed by atoms with Crippen LogP contribution >= 0.6 is 0 Å². The molecule has 1 atom stereocenters. The number of methoxy groups -OCH3 is 1. The van der Waals surface area contributed by atoms with Gasteiger partial charge in [0.1, 0.15) is 22.9 Å². The average Bonchev–Trinajstić information content (AvgIpc) is 2.54. The van der Waals surface area contributed by atoms with Gasteiger partial charge in [-0.15, -0.1) is 0 Å². The number of ether oxygens (including phenoxy) is 3. The van der Waals surface area contributed by atoms with Crippen molar-refractivity contribution in [3.05, 3.63) is 54.1 Å². The maximum Gasteiger partial charge on any atom is 0.306 e. The van der Waals surface area contributed by atoms with Crippen LogP contribution in [0.25, 0.3) is 0 Å². The van der Waals surface area contributed by atoms with Crippen molar-refractivity contribution in [3.8, 4) is 11.5 Å². The SMILES string of the molecule is COc1ccc(C2=Nc3ccccc3OC2OC(C)=O)cc1. The Bertz CT molecular complexity index is 722. The number of benzene rings is 2. The zero-order valence-electron chi connectivity index (χ0n) is 12.3. The summed E-state index contributed by atoms with van der Waals surface area (Å²) in [6.07, 6.45) is -0.860. The van der Waals surface area contributed by atoms with E-state index in [1.807, 2.05) is 42.5 Å². The average molecular weight is 297 g/mol. The number of fused-ring (bicyclic) bond motifs is 1. The molecule has 5 nitrogen and oxygen atoms in total. The van der Waals surface area contributed by atoms with Gasteiger partial charge in [-0.05, 0) is 36.4 Å². The largest absolute Gasteiger partial charge is 0.497 e. The Morgan fingerprint density at radius 3 is 2.55 bits per heavy atom. The molecule has 0 aliphatic carbocycles. The predicted octanol–water partition coefficient (Wildman–Crippen LogP) is 3.10. The molecule has 1 aliphatic rings. The second-order valence-electron chi connectivity index (χ2n) is 4.75. The Kier molecular flexibility index (Phi) is 3.78. The summed E-state index contributed by atoms with van der Waals surface area (Å²) in [6, 6.07) is 14.7. The minimum absolute atomic E-state index is 0.425. The van der Waals surface area contributed by atoms with Gasteiger partial charge in [0.25, 0.3) is 6.29 Å². The fourth-order valence-corrected chi connectivity index (χ4v) is 2.20. The Labute approximate surface area is 128 Å². The highest BCUT2D eigenvalue weighted by Crippen LogP contribution is 2.34. The van der Waals surface area contributed by atoms with Gasteiger partial charge in [0, 0.05) is 12.5 Å². The van der Waals surface area contributed by atoms with Crippen molar-refractivity contribution in [2.75, 3.05) is 7.11 Å². The van der Waals surface area contributed by atoms with Crippen LogP contribution in [0.15, 0.2) is 53.5 Å². The Balaban J connectivity index is 2.02. The highest BCUT2D eigenvalue weighted by Gasteiger charge is 2.28. The molecule has 112 valence electrons. The summed E-state index contributed by atoms with van der Waals surface area (Å²) in [5, 5.41) is 0. The molecule has 5 heteroatoms. The van der Waals surface area contributed by atoms with E-state index in [4.69, 9.17) is 14.2 Å². The number of esters is 1. The van der Waals surface area contributed by atoms with Crippen molar-refractivity contribution in [2.45, 2.75) is 13.2 Å². The van der Waals surface area contributed by atoms with E-state index in [0.717, 1.165) is 11.3 Å². The first-order valence-electron chi connectivity index (χ1n) is 6.83. The van der Waals surface area contributed by atoms with Crippen LogP contribution in [0.2, 0.25) is 0 Å². The first kappa shape index (κ1) is 14.1. The number of nitrogens with zero attached hydrogens (tertiary/aromatic N) is 1. The molecule has 22 heavy (non-hydrogen) atoms. The molecule has 1 unspecified atom stereocenters. The number of carbonyl (C=O) groups is 1. The van der Waals surface area contributed by atoms with E-state index in [2.05, 4.69) is 4.99 Å². The maximum absolute atomic E-state index is 11.3. The maximum atomic E-state index is 11.3. The van der Waals surface area contributed by atoms with Gasteiger partial charge in [-0.1, -0.05) is 12.1 Å². The van der Waals surface area contributed by atoms with Crippen molar-refractivity contribution >= 4 is 17.4 Å². The summed E-state index contributed by atoms with van der Waals surface area (Å²) in [5.41, 5.74) is 2.06. The van der Waals surface area contributed by atoms with Gasteiger partial charge in [-0.3, -0.25) is 4.79 Å². The lowest BCUT2D eigenvalue weighted by Gasteiger charge is -2.25. The fraction of sp³-hybridized carbons (Fsp3) is 0.176. The molecule has 0 amide bonds. The van der Waals surface area contributed by atoms with Crippen LogP contribution in [0, 0.1) is 0 Å². The minimum atomic E-state index is -0.860.